The van der Waals surface area contributed by atoms with E-state index in [2.05, 4.69) is 15.5 Å². The number of fused-ring (bicyclic) bond motifs is 2. The maximum atomic E-state index is 13.7. The number of β-lactam (4-membered cyclic amide) rings is 1. The van der Waals surface area contributed by atoms with Crippen molar-refractivity contribution in [3.05, 3.63) is 55.4 Å². The number of thioether (sulfide) groups is 1. The third-order valence-electron chi connectivity index (χ3n) is 10.8. The van der Waals surface area contributed by atoms with Gasteiger partial charge >= 0.3 is 11.9 Å². The molecule has 0 aliphatic carbocycles. The molecular weight excluding hydrogens is 818 g/mol. The molecule has 0 unspecified atom stereocenters. The number of pyridine rings is 1. The van der Waals surface area contributed by atoms with Gasteiger partial charge in [0.25, 0.3) is 5.91 Å². The van der Waals surface area contributed by atoms with E-state index in [1.165, 1.54) is 48.2 Å². The predicted octanol–water partition coefficient (Wildman–Crippen LogP) is 2.97. The number of nitrogens with zero attached hydrogens (tertiary/aromatic N) is 5. The number of amides is 2. The summed E-state index contributed by atoms with van der Waals surface area (Å²) < 4.78 is 1.99. The number of oxime groups is 1. The topological polar surface area (TPSA) is 264 Å². The van der Waals surface area contributed by atoms with Gasteiger partial charge in [0.15, 0.2) is 28.1 Å². The molecule has 7 N–H and O–H groups in total. The number of carboxylic acid groups (broad SMARTS) is 2. The van der Waals surface area contributed by atoms with E-state index in [9.17, 15) is 49.2 Å². The van der Waals surface area contributed by atoms with Gasteiger partial charge in [0.2, 0.25) is 16.9 Å². The fourth-order valence-electron chi connectivity index (χ4n) is 7.55. The van der Waals surface area contributed by atoms with E-state index in [4.69, 9.17) is 22.2 Å². The van der Waals surface area contributed by atoms with Gasteiger partial charge in [0.05, 0.1) is 53.4 Å². The Bertz CT molecular complexity index is 2350. The summed E-state index contributed by atoms with van der Waals surface area (Å²) >= 11 is 8.63. The summed E-state index contributed by atoms with van der Waals surface area (Å²) in [6.45, 7) is 8.62. The number of ketones is 1. The predicted molar refractivity (Wildman–Crippen MR) is 215 cm³/mol. The van der Waals surface area contributed by atoms with Crippen molar-refractivity contribution in [1.82, 2.24) is 19.8 Å². The van der Waals surface area contributed by atoms with Crippen molar-refractivity contribution in [1.29, 1.82) is 0 Å². The molecule has 0 spiro atoms. The molecule has 0 saturated carbocycles. The third kappa shape index (κ3) is 7.84. The quantitative estimate of drug-likeness (QED) is 0.0422. The summed E-state index contributed by atoms with van der Waals surface area (Å²) in [6, 6.07) is 1.21. The number of aromatic nitrogens is 2. The number of phenolic OH excluding ortho intramolecular Hbond substituents is 2. The minimum atomic E-state index is -1.79. The fraction of sp³-hybridized carbons (Fsp3) is 0.459. The van der Waals surface area contributed by atoms with Crippen molar-refractivity contribution in [2.24, 2.45) is 11.1 Å². The largest absolute Gasteiger partial charge is 0.504 e. The number of hydrogen-bond acceptors (Lipinski definition) is 14. The van der Waals surface area contributed by atoms with Crippen LogP contribution in [0.5, 0.6) is 11.5 Å². The van der Waals surface area contributed by atoms with Crippen LogP contribution >= 0.6 is 34.7 Å². The van der Waals surface area contributed by atoms with Crippen molar-refractivity contribution in [3.63, 3.8) is 0 Å². The molecule has 5 heterocycles. The lowest BCUT2D eigenvalue weighted by atomic mass is 9.88. The first-order chi connectivity index (χ1) is 27.3. The molecule has 3 aromatic rings. The Morgan fingerprint density at radius 2 is 1.86 bits per heavy atom. The number of aliphatic carboxylic acids is 2. The first-order valence-electron chi connectivity index (χ1n) is 18.4. The summed E-state index contributed by atoms with van der Waals surface area (Å²) in [5, 5.41) is 47.0. The highest BCUT2D eigenvalue weighted by atomic mass is 35.5. The Morgan fingerprint density at radius 3 is 2.47 bits per heavy atom. The van der Waals surface area contributed by atoms with Crippen LogP contribution in [-0.2, 0) is 30.6 Å². The van der Waals surface area contributed by atoms with Crippen molar-refractivity contribution in [3.8, 4) is 11.5 Å². The van der Waals surface area contributed by atoms with Crippen LogP contribution in [0.25, 0.3) is 10.9 Å². The molecule has 21 heteroatoms. The molecule has 58 heavy (non-hydrogen) atoms. The summed E-state index contributed by atoms with van der Waals surface area (Å²) in [5.41, 5.74) is 3.45. The molecule has 2 saturated heterocycles. The van der Waals surface area contributed by atoms with E-state index in [-0.39, 0.29) is 68.5 Å². The number of carbonyl (C=O) groups is 5. The Morgan fingerprint density at radius 1 is 1.17 bits per heavy atom. The number of halogens is 1. The monoisotopic (exact) mass is 860 g/mol. The van der Waals surface area contributed by atoms with Gasteiger partial charge in [-0.3, -0.25) is 24.1 Å². The van der Waals surface area contributed by atoms with Crippen molar-refractivity contribution in [2.45, 2.75) is 69.7 Å². The Kier molecular flexibility index (Phi) is 11.9. The van der Waals surface area contributed by atoms with E-state index < -0.39 is 63.4 Å². The summed E-state index contributed by atoms with van der Waals surface area (Å²) in [5.74, 6) is -6.59. The number of nitrogen functional groups attached to an aromatic ring is 1. The molecule has 0 bridgehead atoms. The molecule has 18 nitrogen and oxygen atoms in total. The minimum Gasteiger partial charge on any atom is -0.504 e. The average molecular weight is 861 g/mol. The number of rotatable bonds is 15. The molecule has 3 aliphatic rings. The number of phenols is 2. The van der Waals surface area contributed by atoms with Gasteiger partial charge in [0, 0.05) is 54.3 Å². The summed E-state index contributed by atoms with van der Waals surface area (Å²) in [4.78, 5) is 89.4. The first-order valence-corrected chi connectivity index (χ1v) is 20.6. The molecule has 1 aromatic carbocycles. The summed E-state index contributed by atoms with van der Waals surface area (Å²) in [7, 11) is 0. The highest BCUT2D eigenvalue weighted by Gasteiger charge is 2.56. The maximum Gasteiger partial charge on any atom is 0.352 e. The molecule has 310 valence electrons. The normalized spacial score (nSPS) is 20.5. The van der Waals surface area contributed by atoms with E-state index in [0.717, 1.165) is 24.2 Å². The molecule has 2 amide bonds. The lowest BCUT2D eigenvalue weighted by Crippen LogP contribution is -2.63. The number of benzene rings is 1. The second-order valence-corrected chi connectivity index (χ2v) is 17.7. The van der Waals surface area contributed by atoms with Gasteiger partial charge in [-0.05, 0) is 27.7 Å². The number of anilines is 1. The van der Waals surface area contributed by atoms with Gasteiger partial charge in [-0.25, -0.2) is 14.6 Å². The highest BCUT2D eigenvalue weighted by Crippen LogP contribution is 2.49. The number of Topliss-reactive ketones (excluding diaryl/α,β-unsaturated/α-hetero) is 1. The Labute approximate surface area is 344 Å². The molecule has 3 atom stereocenters. The Hall–Kier alpha value is -5.18. The zero-order valence-corrected chi connectivity index (χ0v) is 34.4. The number of thiazole rings is 1. The fourth-order valence-corrected chi connectivity index (χ4v) is 9.88. The Balaban J connectivity index is 1.20. The van der Waals surface area contributed by atoms with E-state index in [0.29, 0.717) is 36.2 Å². The van der Waals surface area contributed by atoms with Crippen LogP contribution in [0, 0.1) is 5.92 Å². The van der Waals surface area contributed by atoms with Gasteiger partial charge in [0.1, 0.15) is 23.5 Å². The minimum absolute atomic E-state index is 0.0485. The smallest absolute Gasteiger partial charge is 0.352 e. The van der Waals surface area contributed by atoms with Crippen molar-refractivity contribution >= 4 is 86.0 Å². The molecular formula is C37H43ClN7O11S2+. The second-order valence-electron chi connectivity index (χ2n) is 15.0. The highest BCUT2D eigenvalue weighted by molar-refractivity contribution is 8.00. The molecule has 2 aromatic heterocycles. The summed E-state index contributed by atoms with van der Waals surface area (Å²) in [6.07, 6.45) is 2.70. The number of likely N-dealkylation sites (tertiary alicyclic amines) is 1. The van der Waals surface area contributed by atoms with Crippen LogP contribution in [0.2, 0.25) is 5.02 Å². The van der Waals surface area contributed by atoms with E-state index in [1.807, 2.05) is 6.92 Å². The van der Waals surface area contributed by atoms with Crippen LogP contribution in [0.15, 0.2) is 38.9 Å². The first kappa shape index (κ1) is 42.4. The van der Waals surface area contributed by atoms with Gasteiger partial charge in [-0.1, -0.05) is 16.8 Å². The van der Waals surface area contributed by atoms with Crippen molar-refractivity contribution in [2.75, 3.05) is 38.5 Å². The van der Waals surface area contributed by atoms with E-state index >= 15 is 0 Å². The molecule has 0 radical (unpaired) electrons. The third-order valence-corrected chi connectivity index (χ3v) is 13.3. The molecule has 3 aliphatic heterocycles. The second kappa shape index (κ2) is 16.2. The van der Waals surface area contributed by atoms with Crippen LogP contribution < -0.4 is 16.5 Å². The van der Waals surface area contributed by atoms with Crippen LogP contribution in [0.1, 0.15) is 63.0 Å². The van der Waals surface area contributed by atoms with Crippen LogP contribution in [0.3, 0.4) is 0 Å². The number of aromatic hydroxyl groups is 2. The number of nitrogens with one attached hydrogen (secondary N) is 1. The standard InChI is InChI=1S/C37H42ClN7O11S2/c1-5-43-14-19(29(48)25-22(43)13-24(47)30(49)26(25)38)31(50)40-8-11-45(9-6-7-10-45)15-20-17(2)58-33-18(32(51)44(33)28(20)34(52)53)12-23(46)27(21-16-57-36(39)41-21)42-56-37(3,4)35(54)55/h13-14,16-18,33H,5-12,15H2,1-4H3,(H6-,39,40,41,42,46,47,48,49,50,52,53,54,55)/p+1/t17-,18+,33+/m0/s1. The number of carboxylic acids is 2. The van der Waals surface area contributed by atoms with Gasteiger partial charge < -0.3 is 45.4 Å². The number of carbonyl (C=O) groups excluding carboxylic acids is 3. The van der Waals surface area contributed by atoms with Crippen LogP contribution in [-0.4, -0.2) is 124 Å². The average Bonchev–Trinajstić information content (AvgIpc) is 3.82. The van der Waals surface area contributed by atoms with Gasteiger partial charge in [-0.2, -0.15) is 0 Å². The van der Waals surface area contributed by atoms with Crippen molar-refractivity contribution < 1.29 is 53.7 Å². The molecule has 2 fully saturated rings. The number of nitrogens with two attached hydrogens (primary N) is 1. The zero-order valence-electron chi connectivity index (χ0n) is 32.0. The van der Waals surface area contributed by atoms with Crippen LogP contribution in [0.4, 0.5) is 5.13 Å². The lowest BCUT2D eigenvalue weighted by Gasteiger charge is -2.51. The van der Waals surface area contributed by atoms with Gasteiger partial charge in [-0.15, -0.1) is 23.1 Å². The van der Waals surface area contributed by atoms with E-state index in [1.54, 1.807) is 11.5 Å². The zero-order chi connectivity index (χ0) is 42.4. The maximum absolute atomic E-state index is 13.7. The molecule has 6 rings (SSSR count). The number of aryl methyl sites for hydroxylation is 1. The lowest BCUT2D eigenvalue weighted by molar-refractivity contribution is -0.911. The number of hydrogen-bond donors (Lipinski definition) is 6. The number of quaternary nitrogens is 1. The SMILES string of the molecule is CCn1cc(C(=O)NCC[N+]2(CC3=C(C(=O)O)N4C(=O)[C@@H](CC(=O)/C(=N\OC(C)(C)C(=O)O)c5csc(N)n5)[C@H]4S[C@H]3C)CCCC2)c(=O)c2c(Cl)c(O)c(O)cc21.